The predicted octanol–water partition coefficient (Wildman–Crippen LogP) is 3.09. The zero-order valence-electron chi connectivity index (χ0n) is 12.0. The molecule has 2 rings (SSSR count). The maximum atomic E-state index is 10.8. The second-order valence-electron chi connectivity index (χ2n) is 5.06. The topological polar surface area (TPSA) is 63.1 Å². The second-order valence-corrected chi connectivity index (χ2v) is 5.06. The summed E-state index contributed by atoms with van der Waals surface area (Å²) in [6.45, 7) is 6.17. The highest BCUT2D eigenvalue weighted by atomic mass is 16.4. The van der Waals surface area contributed by atoms with E-state index in [0.29, 0.717) is 6.42 Å². The lowest BCUT2D eigenvalue weighted by Gasteiger charge is -2.13. The van der Waals surface area contributed by atoms with Crippen molar-refractivity contribution in [3.05, 3.63) is 46.9 Å². The molecule has 0 atom stereocenters. The van der Waals surface area contributed by atoms with Crippen LogP contribution in [0.1, 0.15) is 28.7 Å². The minimum atomic E-state index is -0.808. The predicted molar refractivity (Wildman–Crippen MR) is 77.6 cm³/mol. The van der Waals surface area contributed by atoms with Crippen molar-refractivity contribution in [1.29, 1.82) is 0 Å². The van der Waals surface area contributed by atoms with E-state index in [1.165, 1.54) is 11.9 Å². The maximum Gasteiger partial charge on any atom is 0.303 e. The number of aliphatic carboxylic acids is 1. The fourth-order valence-corrected chi connectivity index (χ4v) is 2.56. The number of carbonyl (C=O) groups is 1. The van der Waals surface area contributed by atoms with Gasteiger partial charge < -0.3 is 5.11 Å². The van der Waals surface area contributed by atoms with E-state index in [1.54, 1.807) is 6.20 Å². The van der Waals surface area contributed by atoms with E-state index >= 15 is 0 Å². The molecule has 0 unspecified atom stereocenters. The van der Waals surface area contributed by atoms with Crippen LogP contribution >= 0.6 is 0 Å². The molecule has 4 nitrogen and oxygen atoms in total. The SMILES string of the molecule is Cc1cc(C)c(-c2ncncc2CCC(=O)O)c(C)c1. The average molecular weight is 270 g/mol. The summed E-state index contributed by atoms with van der Waals surface area (Å²) in [4.78, 5) is 19.2. The first-order chi connectivity index (χ1) is 9.49. The first kappa shape index (κ1) is 14.2. The normalized spacial score (nSPS) is 10.6. The van der Waals surface area contributed by atoms with Crippen LogP contribution in [0.4, 0.5) is 0 Å². The van der Waals surface area contributed by atoms with Gasteiger partial charge in [0.25, 0.3) is 0 Å². The first-order valence-electron chi connectivity index (χ1n) is 6.58. The van der Waals surface area contributed by atoms with Crippen LogP contribution in [0.15, 0.2) is 24.7 Å². The maximum absolute atomic E-state index is 10.8. The van der Waals surface area contributed by atoms with Crippen LogP contribution < -0.4 is 0 Å². The smallest absolute Gasteiger partial charge is 0.303 e. The Bertz CT molecular complexity index is 628. The third-order valence-electron chi connectivity index (χ3n) is 3.31. The molecule has 104 valence electrons. The Kier molecular flexibility index (Phi) is 4.13. The van der Waals surface area contributed by atoms with Gasteiger partial charge in [-0.3, -0.25) is 4.79 Å². The van der Waals surface area contributed by atoms with Gasteiger partial charge in [-0.2, -0.15) is 0 Å². The molecular weight excluding hydrogens is 252 g/mol. The van der Waals surface area contributed by atoms with Crippen LogP contribution in [0.5, 0.6) is 0 Å². The van der Waals surface area contributed by atoms with Gasteiger partial charge in [-0.25, -0.2) is 9.97 Å². The molecule has 0 fully saturated rings. The zero-order valence-corrected chi connectivity index (χ0v) is 12.0. The van der Waals surface area contributed by atoms with Gasteiger partial charge in [-0.15, -0.1) is 0 Å². The lowest BCUT2D eigenvalue weighted by Crippen LogP contribution is -2.02. The largest absolute Gasteiger partial charge is 0.481 e. The Hall–Kier alpha value is -2.23. The standard InChI is InChI=1S/C16H18N2O2/c1-10-6-11(2)15(12(3)7-10)16-13(4-5-14(19)20)8-17-9-18-16/h6-9H,4-5H2,1-3H3,(H,19,20). The number of aromatic nitrogens is 2. The third kappa shape index (κ3) is 3.02. The van der Waals surface area contributed by atoms with Crippen LogP contribution in [-0.4, -0.2) is 21.0 Å². The number of benzene rings is 1. The lowest BCUT2D eigenvalue weighted by molar-refractivity contribution is -0.136. The number of aryl methyl sites for hydroxylation is 4. The van der Waals surface area contributed by atoms with E-state index < -0.39 is 5.97 Å². The Morgan fingerprint density at radius 1 is 1.20 bits per heavy atom. The van der Waals surface area contributed by atoms with Gasteiger partial charge in [0.05, 0.1) is 5.69 Å². The van der Waals surface area contributed by atoms with Gasteiger partial charge in [0, 0.05) is 18.2 Å². The molecule has 1 aromatic heterocycles. The summed E-state index contributed by atoms with van der Waals surface area (Å²) in [6, 6.07) is 4.23. The van der Waals surface area contributed by atoms with Crippen LogP contribution in [-0.2, 0) is 11.2 Å². The average Bonchev–Trinajstić information content (AvgIpc) is 2.36. The van der Waals surface area contributed by atoms with Gasteiger partial charge in [0.15, 0.2) is 0 Å². The second kappa shape index (κ2) is 5.82. The van der Waals surface area contributed by atoms with Crippen molar-refractivity contribution in [2.45, 2.75) is 33.6 Å². The summed E-state index contributed by atoms with van der Waals surface area (Å²) in [5.74, 6) is -0.808. The van der Waals surface area contributed by atoms with E-state index in [-0.39, 0.29) is 6.42 Å². The fourth-order valence-electron chi connectivity index (χ4n) is 2.56. The molecule has 4 heteroatoms. The highest BCUT2D eigenvalue weighted by Gasteiger charge is 2.13. The molecule has 1 N–H and O–H groups in total. The highest BCUT2D eigenvalue weighted by molar-refractivity contribution is 5.72. The Morgan fingerprint density at radius 3 is 2.45 bits per heavy atom. The zero-order chi connectivity index (χ0) is 14.7. The summed E-state index contributed by atoms with van der Waals surface area (Å²) in [6.07, 6.45) is 3.75. The van der Waals surface area contributed by atoms with E-state index in [2.05, 4.69) is 42.9 Å². The van der Waals surface area contributed by atoms with Gasteiger partial charge in [0.2, 0.25) is 0 Å². The summed E-state index contributed by atoms with van der Waals surface area (Å²) in [7, 11) is 0. The first-order valence-corrected chi connectivity index (χ1v) is 6.58. The molecule has 20 heavy (non-hydrogen) atoms. The van der Waals surface area contributed by atoms with Crippen molar-refractivity contribution >= 4 is 5.97 Å². The summed E-state index contributed by atoms with van der Waals surface area (Å²) < 4.78 is 0. The van der Waals surface area contributed by atoms with Crippen molar-refractivity contribution in [2.75, 3.05) is 0 Å². The summed E-state index contributed by atoms with van der Waals surface area (Å²) >= 11 is 0. The number of carboxylic acid groups (broad SMARTS) is 1. The van der Waals surface area contributed by atoms with Crippen LogP contribution in [0.25, 0.3) is 11.3 Å². The van der Waals surface area contributed by atoms with E-state index in [4.69, 9.17) is 5.11 Å². The van der Waals surface area contributed by atoms with Gasteiger partial charge in [0.1, 0.15) is 6.33 Å². The molecule has 1 aromatic carbocycles. The summed E-state index contributed by atoms with van der Waals surface area (Å²) in [5, 5.41) is 8.84. The quantitative estimate of drug-likeness (QED) is 0.927. The molecule has 0 aliphatic rings. The Labute approximate surface area is 118 Å². The third-order valence-corrected chi connectivity index (χ3v) is 3.31. The fraction of sp³-hybridized carbons (Fsp3) is 0.312. The Morgan fingerprint density at radius 2 is 1.85 bits per heavy atom. The van der Waals surface area contributed by atoms with Gasteiger partial charge in [-0.1, -0.05) is 17.7 Å². The molecule has 0 aliphatic heterocycles. The minimum absolute atomic E-state index is 0.0876. The minimum Gasteiger partial charge on any atom is -0.481 e. The molecule has 0 saturated heterocycles. The van der Waals surface area contributed by atoms with E-state index in [9.17, 15) is 4.79 Å². The van der Waals surface area contributed by atoms with Crippen molar-refractivity contribution in [2.24, 2.45) is 0 Å². The van der Waals surface area contributed by atoms with Gasteiger partial charge in [-0.05, 0) is 43.9 Å². The number of nitrogens with zero attached hydrogens (tertiary/aromatic N) is 2. The molecule has 0 radical (unpaired) electrons. The number of carboxylic acids is 1. The molecule has 0 spiro atoms. The number of rotatable bonds is 4. The monoisotopic (exact) mass is 270 g/mol. The van der Waals surface area contributed by atoms with Crippen molar-refractivity contribution in [3.8, 4) is 11.3 Å². The molecule has 0 amide bonds. The van der Waals surface area contributed by atoms with Gasteiger partial charge >= 0.3 is 5.97 Å². The van der Waals surface area contributed by atoms with Crippen molar-refractivity contribution in [1.82, 2.24) is 9.97 Å². The molecule has 0 bridgehead atoms. The van der Waals surface area contributed by atoms with Crippen molar-refractivity contribution in [3.63, 3.8) is 0 Å². The van der Waals surface area contributed by atoms with Crippen molar-refractivity contribution < 1.29 is 9.90 Å². The molecule has 1 heterocycles. The molecular formula is C16H18N2O2. The number of hydrogen-bond donors (Lipinski definition) is 1. The molecule has 2 aromatic rings. The summed E-state index contributed by atoms with van der Waals surface area (Å²) in [5.41, 5.74) is 6.32. The Balaban J connectivity index is 2.50. The van der Waals surface area contributed by atoms with Crippen LogP contribution in [0.2, 0.25) is 0 Å². The number of hydrogen-bond acceptors (Lipinski definition) is 3. The molecule has 0 saturated carbocycles. The van der Waals surface area contributed by atoms with E-state index in [0.717, 1.165) is 27.9 Å². The molecule has 0 aliphatic carbocycles. The lowest BCUT2D eigenvalue weighted by atomic mass is 9.94. The van der Waals surface area contributed by atoms with Crippen LogP contribution in [0.3, 0.4) is 0 Å². The highest BCUT2D eigenvalue weighted by Crippen LogP contribution is 2.29. The van der Waals surface area contributed by atoms with Crippen LogP contribution in [0, 0.1) is 20.8 Å². The van der Waals surface area contributed by atoms with E-state index in [1.807, 2.05) is 0 Å².